The summed E-state index contributed by atoms with van der Waals surface area (Å²) in [7, 11) is 0. The Labute approximate surface area is 127 Å². The molecule has 0 aliphatic rings. The molecule has 106 valence electrons. The average molecular weight is 336 g/mol. The number of halogens is 1. The summed E-state index contributed by atoms with van der Waals surface area (Å²) in [5.74, 6) is 0.762. The van der Waals surface area contributed by atoms with Gasteiger partial charge < -0.3 is 15.6 Å². The second-order valence-electron chi connectivity index (χ2n) is 4.86. The molecule has 0 aromatic heterocycles. The number of benzene rings is 2. The van der Waals surface area contributed by atoms with Crippen LogP contribution in [0.15, 0.2) is 40.9 Å². The van der Waals surface area contributed by atoms with E-state index in [1.54, 1.807) is 24.3 Å². The van der Waals surface area contributed by atoms with Crippen LogP contribution in [-0.4, -0.2) is 11.7 Å². The van der Waals surface area contributed by atoms with E-state index >= 15 is 0 Å². The van der Waals surface area contributed by atoms with Crippen LogP contribution in [0.4, 0.5) is 5.69 Å². The molecule has 0 aliphatic heterocycles. The van der Waals surface area contributed by atoms with Crippen LogP contribution in [0.1, 0.15) is 22.8 Å². The molecule has 0 spiro atoms. The molecule has 20 heavy (non-hydrogen) atoms. The van der Waals surface area contributed by atoms with Gasteiger partial charge in [-0.3, -0.25) is 0 Å². The number of aryl methyl sites for hydroxylation is 2. The number of anilines is 1. The highest BCUT2D eigenvalue weighted by Gasteiger charge is 2.09. The zero-order chi connectivity index (χ0) is 14.7. The van der Waals surface area contributed by atoms with E-state index in [9.17, 15) is 5.11 Å². The quantitative estimate of drug-likeness (QED) is 0.836. The van der Waals surface area contributed by atoms with Gasteiger partial charge >= 0.3 is 0 Å². The molecule has 3 nitrogen and oxygen atoms in total. The van der Waals surface area contributed by atoms with Crippen LogP contribution in [0.25, 0.3) is 0 Å². The molecule has 0 aliphatic carbocycles. The first-order chi connectivity index (χ1) is 9.47. The van der Waals surface area contributed by atoms with Crippen molar-refractivity contribution in [1.29, 1.82) is 0 Å². The number of nitrogens with two attached hydrogens (primary N) is 1. The summed E-state index contributed by atoms with van der Waals surface area (Å²) in [6, 6.07) is 11.1. The number of rotatable bonds is 4. The zero-order valence-electron chi connectivity index (χ0n) is 11.6. The number of nitrogen functional groups attached to an aromatic ring is 1. The Bertz CT molecular complexity index is 573. The van der Waals surface area contributed by atoms with E-state index in [1.807, 2.05) is 26.0 Å². The number of ether oxygens (including phenoxy) is 1. The molecule has 3 N–H and O–H groups in total. The van der Waals surface area contributed by atoms with E-state index in [-0.39, 0.29) is 6.61 Å². The molecule has 0 amide bonds. The number of hydrogen-bond donors (Lipinski definition) is 2. The van der Waals surface area contributed by atoms with Crippen molar-refractivity contribution < 1.29 is 9.84 Å². The van der Waals surface area contributed by atoms with Crippen molar-refractivity contribution in [3.8, 4) is 5.75 Å². The van der Waals surface area contributed by atoms with E-state index in [2.05, 4.69) is 15.9 Å². The average Bonchev–Trinajstić information content (AvgIpc) is 2.42. The first kappa shape index (κ1) is 14.9. The molecule has 1 unspecified atom stereocenters. The standard InChI is InChI=1S/C16H18BrNO2/c1-10-7-14(8-11(2)16(10)17)20-9-15(19)12-3-5-13(18)6-4-12/h3-8,15,19H,9,18H2,1-2H3. The number of hydrogen-bond acceptors (Lipinski definition) is 3. The fraction of sp³-hybridized carbons (Fsp3) is 0.250. The molecule has 0 heterocycles. The molecule has 4 heteroatoms. The van der Waals surface area contributed by atoms with Gasteiger partial charge in [-0.05, 0) is 54.8 Å². The summed E-state index contributed by atoms with van der Waals surface area (Å²) >= 11 is 3.52. The fourth-order valence-electron chi connectivity index (χ4n) is 1.98. The van der Waals surface area contributed by atoms with Crippen molar-refractivity contribution in [3.05, 3.63) is 57.6 Å². The Balaban J connectivity index is 2.03. The largest absolute Gasteiger partial charge is 0.491 e. The third kappa shape index (κ3) is 3.52. The van der Waals surface area contributed by atoms with Crippen LogP contribution in [0.3, 0.4) is 0 Å². The van der Waals surface area contributed by atoms with E-state index in [0.29, 0.717) is 5.69 Å². The van der Waals surface area contributed by atoms with Crippen molar-refractivity contribution in [2.45, 2.75) is 20.0 Å². The van der Waals surface area contributed by atoms with Crippen LogP contribution >= 0.6 is 15.9 Å². The highest BCUT2D eigenvalue weighted by molar-refractivity contribution is 9.10. The minimum atomic E-state index is -0.667. The van der Waals surface area contributed by atoms with E-state index < -0.39 is 6.10 Å². The first-order valence-corrected chi connectivity index (χ1v) is 7.19. The zero-order valence-corrected chi connectivity index (χ0v) is 13.1. The Morgan fingerprint density at radius 2 is 1.70 bits per heavy atom. The Morgan fingerprint density at radius 3 is 2.25 bits per heavy atom. The molecule has 2 aromatic rings. The Morgan fingerprint density at radius 1 is 1.15 bits per heavy atom. The summed E-state index contributed by atoms with van der Waals surface area (Å²) in [6.45, 7) is 4.24. The van der Waals surface area contributed by atoms with Crippen LogP contribution in [0, 0.1) is 13.8 Å². The molecule has 0 fully saturated rings. The lowest BCUT2D eigenvalue weighted by Crippen LogP contribution is -2.10. The first-order valence-electron chi connectivity index (χ1n) is 6.40. The van der Waals surface area contributed by atoms with Crippen LogP contribution in [-0.2, 0) is 0 Å². The van der Waals surface area contributed by atoms with Crippen molar-refractivity contribution in [2.24, 2.45) is 0 Å². The summed E-state index contributed by atoms with van der Waals surface area (Å²) < 4.78 is 6.75. The minimum Gasteiger partial charge on any atom is -0.491 e. The van der Waals surface area contributed by atoms with Gasteiger partial charge in [-0.25, -0.2) is 0 Å². The summed E-state index contributed by atoms with van der Waals surface area (Å²) in [5.41, 5.74) is 9.33. The third-order valence-electron chi connectivity index (χ3n) is 3.14. The molecule has 0 saturated carbocycles. The van der Waals surface area contributed by atoms with Gasteiger partial charge in [-0.15, -0.1) is 0 Å². The van der Waals surface area contributed by atoms with Gasteiger partial charge in [0.2, 0.25) is 0 Å². The number of aliphatic hydroxyl groups excluding tert-OH is 1. The summed E-state index contributed by atoms with van der Waals surface area (Å²) in [5, 5.41) is 10.1. The fourth-order valence-corrected chi connectivity index (χ4v) is 2.21. The van der Waals surface area contributed by atoms with Gasteiger partial charge in [0, 0.05) is 10.2 Å². The van der Waals surface area contributed by atoms with Gasteiger partial charge in [-0.1, -0.05) is 28.1 Å². The molecular formula is C16H18BrNO2. The van der Waals surface area contributed by atoms with Crippen molar-refractivity contribution in [3.63, 3.8) is 0 Å². The van der Waals surface area contributed by atoms with Gasteiger partial charge in [-0.2, -0.15) is 0 Å². The smallest absolute Gasteiger partial charge is 0.120 e. The maximum Gasteiger partial charge on any atom is 0.120 e. The topological polar surface area (TPSA) is 55.5 Å². The predicted molar refractivity (Wildman–Crippen MR) is 84.9 cm³/mol. The lowest BCUT2D eigenvalue weighted by atomic mass is 10.1. The Kier molecular flexibility index (Phi) is 4.68. The molecular weight excluding hydrogens is 318 g/mol. The molecule has 2 aromatic carbocycles. The summed E-state index contributed by atoms with van der Waals surface area (Å²) in [4.78, 5) is 0. The maximum absolute atomic E-state index is 10.1. The van der Waals surface area contributed by atoms with Gasteiger partial charge in [0.15, 0.2) is 0 Å². The molecule has 0 saturated heterocycles. The number of aliphatic hydroxyl groups is 1. The van der Waals surface area contributed by atoms with E-state index in [1.165, 1.54) is 0 Å². The molecule has 0 bridgehead atoms. The summed E-state index contributed by atoms with van der Waals surface area (Å²) in [6.07, 6.45) is -0.667. The van der Waals surface area contributed by atoms with Gasteiger partial charge in [0.05, 0.1) is 0 Å². The Hall–Kier alpha value is -1.52. The van der Waals surface area contributed by atoms with Crippen molar-refractivity contribution in [2.75, 3.05) is 12.3 Å². The van der Waals surface area contributed by atoms with Crippen LogP contribution in [0.5, 0.6) is 5.75 Å². The van der Waals surface area contributed by atoms with Crippen LogP contribution < -0.4 is 10.5 Å². The maximum atomic E-state index is 10.1. The highest BCUT2D eigenvalue weighted by atomic mass is 79.9. The van der Waals surface area contributed by atoms with Crippen molar-refractivity contribution >= 4 is 21.6 Å². The van der Waals surface area contributed by atoms with E-state index in [0.717, 1.165) is 26.9 Å². The molecule has 1 atom stereocenters. The second kappa shape index (κ2) is 6.29. The highest BCUT2D eigenvalue weighted by Crippen LogP contribution is 2.27. The monoisotopic (exact) mass is 335 g/mol. The lowest BCUT2D eigenvalue weighted by molar-refractivity contribution is 0.108. The van der Waals surface area contributed by atoms with E-state index in [4.69, 9.17) is 10.5 Å². The van der Waals surface area contributed by atoms with Crippen molar-refractivity contribution in [1.82, 2.24) is 0 Å². The lowest BCUT2D eigenvalue weighted by Gasteiger charge is -2.14. The predicted octanol–water partition coefficient (Wildman–Crippen LogP) is 3.76. The molecule has 2 rings (SSSR count). The second-order valence-corrected chi connectivity index (χ2v) is 5.66. The van der Waals surface area contributed by atoms with Gasteiger partial charge in [0.1, 0.15) is 18.5 Å². The third-order valence-corrected chi connectivity index (χ3v) is 4.39. The minimum absolute atomic E-state index is 0.213. The van der Waals surface area contributed by atoms with Gasteiger partial charge in [0.25, 0.3) is 0 Å². The van der Waals surface area contributed by atoms with Crippen LogP contribution in [0.2, 0.25) is 0 Å². The normalized spacial score (nSPS) is 12.2. The SMILES string of the molecule is Cc1cc(OCC(O)c2ccc(N)cc2)cc(C)c1Br. The molecule has 0 radical (unpaired) electrons.